The van der Waals surface area contributed by atoms with Crippen LogP contribution in [0.2, 0.25) is 0 Å². The monoisotopic (exact) mass is 296 g/mol. The van der Waals surface area contributed by atoms with Crippen molar-refractivity contribution in [1.29, 1.82) is 0 Å². The minimum Gasteiger partial charge on any atom is -0.382 e. The Hall–Kier alpha value is -1.94. The van der Waals surface area contributed by atoms with E-state index in [1.807, 2.05) is 6.20 Å². The molecule has 4 nitrogen and oxygen atoms in total. The van der Waals surface area contributed by atoms with Crippen molar-refractivity contribution in [2.24, 2.45) is 5.73 Å². The van der Waals surface area contributed by atoms with Gasteiger partial charge in [-0.05, 0) is 32.7 Å². The van der Waals surface area contributed by atoms with E-state index in [-0.39, 0.29) is 0 Å². The van der Waals surface area contributed by atoms with Crippen molar-refractivity contribution in [3.63, 3.8) is 0 Å². The second-order valence-corrected chi connectivity index (χ2v) is 6.06. The van der Waals surface area contributed by atoms with Crippen LogP contribution in [0, 0.1) is 6.92 Å². The zero-order chi connectivity index (χ0) is 15.4. The molecule has 0 radical (unpaired) electrons. The molecule has 0 saturated heterocycles. The number of hydrogen-bond donors (Lipinski definition) is 2. The maximum absolute atomic E-state index is 5.57. The van der Waals surface area contributed by atoms with E-state index >= 15 is 0 Å². The molecule has 0 amide bonds. The minimum atomic E-state index is 0.576. The molecule has 1 aromatic heterocycles. The fourth-order valence-electron chi connectivity index (χ4n) is 2.69. The van der Waals surface area contributed by atoms with E-state index in [0.717, 1.165) is 30.0 Å². The highest BCUT2D eigenvalue weighted by molar-refractivity contribution is 5.59. The summed E-state index contributed by atoms with van der Waals surface area (Å²) in [5.41, 5.74) is 10.2. The number of nitrogens with zero attached hydrogens (tertiary/aromatic N) is 2. The van der Waals surface area contributed by atoms with Crippen LogP contribution in [0.15, 0.2) is 30.5 Å². The lowest BCUT2D eigenvalue weighted by molar-refractivity contribution is 0.412. The molecular formula is C18H24N4. The molecule has 2 aromatic rings. The number of nitrogens with one attached hydrogen (secondary N) is 1. The summed E-state index contributed by atoms with van der Waals surface area (Å²) >= 11 is 0. The summed E-state index contributed by atoms with van der Waals surface area (Å²) in [6.07, 6.45) is 6.67. The Labute approximate surface area is 132 Å². The highest BCUT2D eigenvalue weighted by Crippen LogP contribution is 2.39. The molecule has 1 saturated carbocycles. The van der Waals surface area contributed by atoms with Crippen molar-refractivity contribution < 1.29 is 0 Å². The van der Waals surface area contributed by atoms with Crippen molar-refractivity contribution in [3.8, 4) is 11.4 Å². The minimum absolute atomic E-state index is 0.576. The Morgan fingerprint density at radius 1 is 1.23 bits per heavy atom. The van der Waals surface area contributed by atoms with Gasteiger partial charge in [-0.2, -0.15) is 0 Å². The first kappa shape index (κ1) is 15.0. The van der Waals surface area contributed by atoms with Crippen LogP contribution in [0.25, 0.3) is 11.4 Å². The zero-order valence-corrected chi connectivity index (χ0v) is 13.2. The van der Waals surface area contributed by atoms with Crippen LogP contribution in [-0.4, -0.2) is 23.1 Å². The van der Waals surface area contributed by atoms with Crippen LogP contribution in [0.1, 0.15) is 42.9 Å². The molecule has 0 bridgehead atoms. The van der Waals surface area contributed by atoms with E-state index in [1.165, 1.54) is 30.5 Å². The van der Waals surface area contributed by atoms with E-state index in [9.17, 15) is 0 Å². The average molecular weight is 296 g/mol. The molecule has 0 unspecified atom stereocenters. The third-order valence-corrected chi connectivity index (χ3v) is 4.32. The van der Waals surface area contributed by atoms with E-state index in [0.29, 0.717) is 12.5 Å². The quantitative estimate of drug-likeness (QED) is 0.801. The van der Waals surface area contributed by atoms with E-state index in [4.69, 9.17) is 10.7 Å². The van der Waals surface area contributed by atoms with Gasteiger partial charge >= 0.3 is 0 Å². The molecule has 1 fully saturated rings. The molecule has 1 aromatic carbocycles. The maximum Gasteiger partial charge on any atom is 0.159 e. The Bertz CT molecular complexity index is 617. The smallest absolute Gasteiger partial charge is 0.159 e. The van der Waals surface area contributed by atoms with E-state index < -0.39 is 0 Å². The first-order valence-corrected chi connectivity index (χ1v) is 8.16. The largest absolute Gasteiger partial charge is 0.382 e. The molecule has 1 heterocycles. The number of nitrogens with two attached hydrogens (primary N) is 1. The highest BCUT2D eigenvalue weighted by atomic mass is 15.0. The highest BCUT2D eigenvalue weighted by Gasteiger charge is 2.24. The number of benzene rings is 1. The van der Waals surface area contributed by atoms with Crippen molar-refractivity contribution in [1.82, 2.24) is 9.97 Å². The average Bonchev–Trinajstić information content (AvgIpc) is 2.48. The molecule has 0 atom stereocenters. The maximum atomic E-state index is 5.57. The Balaban J connectivity index is 1.87. The SMILES string of the molecule is Cc1ccc(-c2ncc(NCCCN)c(C3CCC3)n2)cc1. The molecule has 3 rings (SSSR count). The van der Waals surface area contributed by atoms with Crippen LogP contribution in [-0.2, 0) is 0 Å². The number of aryl methyl sites for hydroxylation is 1. The first-order valence-electron chi connectivity index (χ1n) is 8.16. The fraction of sp³-hybridized carbons (Fsp3) is 0.444. The van der Waals surface area contributed by atoms with Gasteiger partial charge in [0.15, 0.2) is 5.82 Å². The van der Waals surface area contributed by atoms with Crippen molar-refractivity contribution in [2.45, 2.75) is 38.5 Å². The molecule has 116 valence electrons. The summed E-state index contributed by atoms with van der Waals surface area (Å²) in [4.78, 5) is 9.42. The van der Waals surface area contributed by atoms with Gasteiger partial charge in [0, 0.05) is 18.0 Å². The summed E-state index contributed by atoms with van der Waals surface area (Å²) in [6, 6.07) is 8.40. The molecule has 0 aliphatic heterocycles. The van der Waals surface area contributed by atoms with E-state index in [1.54, 1.807) is 0 Å². The molecule has 4 heteroatoms. The first-order chi connectivity index (χ1) is 10.8. The predicted octanol–water partition coefficient (Wildman–Crippen LogP) is 3.48. The Kier molecular flexibility index (Phi) is 4.68. The number of rotatable bonds is 6. The summed E-state index contributed by atoms with van der Waals surface area (Å²) in [5.74, 6) is 1.40. The summed E-state index contributed by atoms with van der Waals surface area (Å²) < 4.78 is 0. The fourth-order valence-corrected chi connectivity index (χ4v) is 2.69. The molecule has 0 spiro atoms. The molecule has 3 N–H and O–H groups in total. The molecule has 1 aliphatic carbocycles. The third-order valence-electron chi connectivity index (χ3n) is 4.32. The van der Waals surface area contributed by atoms with Gasteiger partial charge in [0.1, 0.15) is 0 Å². The molecular weight excluding hydrogens is 272 g/mol. The standard InChI is InChI=1S/C18H24N4/c1-13-6-8-15(9-7-13)18-21-12-16(20-11-3-10-19)17(22-18)14-4-2-5-14/h6-9,12,14,20H,2-5,10-11,19H2,1H3. The van der Waals surface area contributed by atoms with Gasteiger partial charge < -0.3 is 11.1 Å². The number of anilines is 1. The normalized spacial score (nSPS) is 14.6. The lowest BCUT2D eigenvalue weighted by Gasteiger charge is -2.27. The van der Waals surface area contributed by atoms with Crippen molar-refractivity contribution >= 4 is 5.69 Å². The second-order valence-electron chi connectivity index (χ2n) is 6.06. The summed E-state index contributed by atoms with van der Waals surface area (Å²) in [6.45, 7) is 3.67. The van der Waals surface area contributed by atoms with Gasteiger partial charge in [0.2, 0.25) is 0 Å². The molecule has 1 aliphatic rings. The Morgan fingerprint density at radius 2 is 2.00 bits per heavy atom. The lowest BCUT2D eigenvalue weighted by Crippen LogP contribution is -2.16. The van der Waals surface area contributed by atoms with Crippen LogP contribution in [0.5, 0.6) is 0 Å². The van der Waals surface area contributed by atoms with Crippen LogP contribution < -0.4 is 11.1 Å². The van der Waals surface area contributed by atoms with Gasteiger partial charge in [-0.15, -0.1) is 0 Å². The van der Waals surface area contributed by atoms with Crippen LogP contribution in [0.3, 0.4) is 0 Å². The molecule has 22 heavy (non-hydrogen) atoms. The van der Waals surface area contributed by atoms with Crippen molar-refractivity contribution in [3.05, 3.63) is 41.7 Å². The summed E-state index contributed by atoms with van der Waals surface area (Å²) in [7, 11) is 0. The van der Waals surface area contributed by atoms with Gasteiger partial charge in [-0.25, -0.2) is 9.97 Å². The lowest BCUT2D eigenvalue weighted by atomic mass is 9.82. The van der Waals surface area contributed by atoms with Gasteiger partial charge in [0.05, 0.1) is 17.6 Å². The third kappa shape index (κ3) is 3.28. The number of hydrogen-bond acceptors (Lipinski definition) is 4. The summed E-state index contributed by atoms with van der Waals surface area (Å²) in [5, 5.41) is 3.45. The van der Waals surface area contributed by atoms with Gasteiger partial charge in [-0.3, -0.25) is 0 Å². The van der Waals surface area contributed by atoms with Gasteiger partial charge in [-0.1, -0.05) is 36.2 Å². The zero-order valence-electron chi connectivity index (χ0n) is 13.2. The van der Waals surface area contributed by atoms with Crippen LogP contribution in [0.4, 0.5) is 5.69 Å². The van der Waals surface area contributed by atoms with Crippen molar-refractivity contribution in [2.75, 3.05) is 18.4 Å². The van der Waals surface area contributed by atoms with Gasteiger partial charge in [0.25, 0.3) is 0 Å². The number of aromatic nitrogens is 2. The second kappa shape index (κ2) is 6.88. The Morgan fingerprint density at radius 3 is 2.64 bits per heavy atom. The topological polar surface area (TPSA) is 63.8 Å². The van der Waals surface area contributed by atoms with E-state index in [2.05, 4.69) is 41.5 Å². The van der Waals surface area contributed by atoms with Crippen LogP contribution >= 0.6 is 0 Å². The predicted molar refractivity (Wildman–Crippen MR) is 91.0 cm³/mol.